The topological polar surface area (TPSA) is 80.9 Å². The minimum Gasteiger partial charge on any atom is -0.366 e. The number of hydrogen-bond donors (Lipinski definition) is 2. The summed E-state index contributed by atoms with van der Waals surface area (Å²) in [5.41, 5.74) is 10.5. The minimum absolute atomic E-state index is 0.369. The number of nitrogens with zero attached hydrogens (tertiary/aromatic N) is 2. The van der Waals surface area contributed by atoms with Gasteiger partial charge in [-0.2, -0.15) is 0 Å². The number of hydrogen-bond acceptors (Lipinski definition) is 4. The Morgan fingerprint density at radius 3 is 2.32 bits per heavy atom. The lowest BCUT2D eigenvalue weighted by atomic mass is 9.94. The van der Waals surface area contributed by atoms with Crippen LogP contribution in [-0.4, -0.2) is 15.9 Å². The van der Waals surface area contributed by atoms with E-state index in [0.29, 0.717) is 23.1 Å². The van der Waals surface area contributed by atoms with Crippen molar-refractivity contribution in [2.75, 3.05) is 5.32 Å². The largest absolute Gasteiger partial charge is 0.366 e. The molecule has 0 aliphatic rings. The fourth-order valence-electron chi connectivity index (χ4n) is 4.08. The van der Waals surface area contributed by atoms with Crippen LogP contribution >= 0.6 is 11.6 Å². The van der Waals surface area contributed by atoms with Crippen LogP contribution in [0.2, 0.25) is 5.15 Å². The highest BCUT2D eigenvalue weighted by molar-refractivity contribution is 6.34. The second-order valence-corrected chi connectivity index (χ2v) is 8.19. The molecule has 1 amide bonds. The van der Waals surface area contributed by atoms with Crippen LogP contribution in [0.3, 0.4) is 0 Å². The number of nitrogens with one attached hydrogen (secondary N) is 1. The molecule has 0 aliphatic carbocycles. The first-order valence-electron chi connectivity index (χ1n) is 10.8. The van der Waals surface area contributed by atoms with Gasteiger partial charge in [0.05, 0.1) is 12.2 Å². The van der Waals surface area contributed by atoms with Crippen molar-refractivity contribution >= 4 is 34.1 Å². The van der Waals surface area contributed by atoms with Gasteiger partial charge in [0.25, 0.3) is 0 Å². The Hall–Kier alpha value is -4.22. The van der Waals surface area contributed by atoms with Gasteiger partial charge in [-0.1, -0.05) is 78.3 Å². The molecule has 0 atom stereocenters. The molecule has 0 bridgehead atoms. The first-order chi connectivity index (χ1) is 16.6. The summed E-state index contributed by atoms with van der Waals surface area (Å²) < 4.78 is 0. The predicted octanol–water partition coefficient (Wildman–Crippen LogP) is 6.33. The Morgan fingerprint density at radius 1 is 0.853 bits per heavy atom. The molecule has 0 unspecified atom stereocenters. The summed E-state index contributed by atoms with van der Waals surface area (Å²) in [6.07, 6.45) is 1.77. The lowest BCUT2D eigenvalue weighted by Crippen LogP contribution is -2.10. The van der Waals surface area contributed by atoms with E-state index in [9.17, 15) is 4.79 Å². The maximum atomic E-state index is 11.5. The molecular formula is C28H21ClN4O. The van der Waals surface area contributed by atoms with Crippen molar-refractivity contribution in [3.8, 4) is 22.3 Å². The molecular weight excluding hydrogens is 444 g/mol. The van der Waals surface area contributed by atoms with Crippen LogP contribution in [0.25, 0.3) is 33.0 Å². The van der Waals surface area contributed by atoms with Crippen LogP contribution < -0.4 is 11.1 Å². The lowest BCUT2D eigenvalue weighted by molar-refractivity contribution is 0.100. The molecule has 0 saturated heterocycles. The molecule has 34 heavy (non-hydrogen) atoms. The fraction of sp³-hybridized carbons (Fsp3) is 0.0357. The van der Waals surface area contributed by atoms with Gasteiger partial charge in [0.15, 0.2) is 0 Å². The number of pyridine rings is 2. The predicted molar refractivity (Wildman–Crippen MR) is 138 cm³/mol. The van der Waals surface area contributed by atoms with Crippen LogP contribution in [0.1, 0.15) is 16.1 Å². The summed E-state index contributed by atoms with van der Waals surface area (Å²) in [5.74, 6) is 0.212. The van der Waals surface area contributed by atoms with Crippen LogP contribution in [0.4, 0.5) is 5.82 Å². The smallest absolute Gasteiger partial charge is 0.248 e. The highest BCUT2D eigenvalue weighted by Crippen LogP contribution is 2.41. The number of rotatable bonds is 6. The minimum atomic E-state index is -0.471. The normalized spacial score (nSPS) is 10.9. The van der Waals surface area contributed by atoms with Crippen molar-refractivity contribution in [1.29, 1.82) is 0 Å². The van der Waals surface area contributed by atoms with Crippen molar-refractivity contribution in [3.05, 3.63) is 114 Å². The van der Waals surface area contributed by atoms with E-state index in [1.165, 1.54) is 0 Å². The maximum Gasteiger partial charge on any atom is 0.248 e. The molecule has 2 aromatic heterocycles. The Kier molecular flexibility index (Phi) is 5.93. The summed E-state index contributed by atoms with van der Waals surface area (Å²) in [4.78, 5) is 20.7. The van der Waals surface area contributed by atoms with E-state index in [1.54, 1.807) is 18.3 Å². The van der Waals surface area contributed by atoms with Crippen LogP contribution in [-0.2, 0) is 6.54 Å². The monoisotopic (exact) mass is 464 g/mol. The number of carbonyl (C=O) groups is 1. The molecule has 5 aromatic rings. The summed E-state index contributed by atoms with van der Waals surface area (Å²) in [6, 6.07) is 29.2. The van der Waals surface area contributed by atoms with Gasteiger partial charge in [-0.25, -0.2) is 4.98 Å². The van der Waals surface area contributed by atoms with Gasteiger partial charge in [0.2, 0.25) is 5.91 Å². The Bertz CT molecular complexity index is 1470. The SMILES string of the molecule is NC(=O)c1ccc(-c2c(Cl)nc(NCc3ccccn3)c3c(-c4ccccc4)cccc23)cc1. The fourth-order valence-corrected chi connectivity index (χ4v) is 4.37. The first kappa shape index (κ1) is 21.6. The highest BCUT2D eigenvalue weighted by Gasteiger charge is 2.18. The summed E-state index contributed by atoms with van der Waals surface area (Å²) in [7, 11) is 0. The zero-order chi connectivity index (χ0) is 23.5. The highest BCUT2D eigenvalue weighted by atomic mass is 35.5. The number of benzene rings is 3. The van der Waals surface area contributed by atoms with Gasteiger partial charge >= 0.3 is 0 Å². The van der Waals surface area contributed by atoms with Gasteiger partial charge in [0, 0.05) is 22.7 Å². The number of nitrogens with two attached hydrogens (primary N) is 1. The zero-order valence-electron chi connectivity index (χ0n) is 18.2. The van der Waals surface area contributed by atoms with Gasteiger partial charge in [-0.05, 0) is 46.3 Å². The summed E-state index contributed by atoms with van der Waals surface area (Å²) >= 11 is 6.77. The van der Waals surface area contributed by atoms with E-state index >= 15 is 0 Å². The van der Waals surface area contributed by atoms with E-state index in [-0.39, 0.29) is 0 Å². The van der Waals surface area contributed by atoms with Gasteiger partial charge in [-0.3, -0.25) is 9.78 Å². The van der Waals surface area contributed by atoms with Crippen LogP contribution in [0, 0.1) is 0 Å². The molecule has 0 saturated carbocycles. The van der Waals surface area contributed by atoms with Crippen molar-refractivity contribution in [1.82, 2.24) is 9.97 Å². The molecule has 166 valence electrons. The Balaban J connectivity index is 1.71. The molecule has 0 aliphatic heterocycles. The molecule has 6 heteroatoms. The number of primary amides is 1. The first-order valence-corrected chi connectivity index (χ1v) is 11.2. The molecule has 3 aromatic carbocycles. The van der Waals surface area contributed by atoms with Crippen LogP contribution in [0.15, 0.2) is 97.2 Å². The molecule has 5 rings (SSSR count). The van der Waals surface area contributed by atoms with E-state index in [1.807, 2.05) is 60.7 Å². The third-order valence-electron chi connectivity index (χ3n) is 5.69. The average molecular weight is 465 g/mol. The zero-order valence-corrected chi connectivity index (χ0v) is 19.0. The molecule has 0 radical (unpaired) electrons. The number of aromatic nitrogens is 2. The number of carbonyl (C=O) groups excluding carboxylic acids is 1. The van der Waals surface area contributed by atoms with Crippen molar-refractivity contribution < 1.29 is 4.79 Å². The van der Waals surface area contributed by atoms with Gasteiger partial charge < -0.3 is 11.1 Å². The lowest BCUT2D eigenvalue weighted by Gasteiger charge is -2.17. The summed E-state index contributed by atoms with van der Waals surface area (Å²) in [6.45, 7) is 0.509. The third-order valence-corrected chi connectivity index (χ3v) is 5.97. The number of amides is 1. The quantitative estimate of drug-likeness (QED) is 0.288. The molecule has 0 fully saturated rings. The third kappa shape index (κ3) is 4.21. The van der Waals surface area contributed by atoms with E-state index in [4.69, 9.17) is 22.3 Å². The number of halogens is 1. The second-order valence-electron chi connectivity index (χ2n) is 7.84. The maximum absolute atomic E-state index is 11.5. The Labute approximate surface area is 202 Å². The van der Waals surface area contributed by atoms with Gasteiger partial charge in [0.1, 0.15) is 11.0 Å². The van der Waals surface area contributed by atoms with Crippen molar-refractivity contribution in [2.24, 2.45) is 5.73 Å². The molecule has 5 nitrogen and oxygen atoms in total. The standard InChI is InChI=1S/C28H21ClN4O/c29-26-24(19-12-14-20(15-13-19)27(30)34)23-11-6-10-22(18-7-2-1-3-8-18)25(23)28(33-26)32-17-21-9-4-5-16-31-21/h1-16H,17H2,(H2,30,34)(H,32,33). The number of anilines is 1. The molecule has 3 N–H and O–H groups in total. The molecule has 0 spiro atoms. The van der Waals surface area contributed by atoms with Crippen molar-refractivity contribution in [2.45, 2.75) is 6.54 Å². The summed E-state index contributed by atoms with van der Waals surface area (Å²) in [5, 5.41) is 5.72. The van der Waals surface area contributed by atoms with E-state index in [0.717, 1.165) is 38.7 Å². The van der Waals surface area contributed by atoms with Gasteiger partial charge in [-0.15, -0.1) is 0 Å². The Morgan fingerprint density at radius 2 is 1.62 bits per heavy atom. The van der Waals surface area contributed by atoms with Crippen molar-refractivity contribution in [3.63, 3.8) is 0 Å². The average Bonchev–Trinajstić information content (AvgIpc) is 2.88. The van der Waals surface area contributed by atoms with Crippen LogP contribution in [0.5, 0.6) is 0 Å². The number of fused-ring (bicyclic) bond motifs is 1. The molecule has 2 heterocycles. The second kappa shape index (κ2) is 9.33. The van der Waals surface area contributed by atoms with E-state index < -0.39 is 5.91 Å². The van der Waals surface area contributed by atoms with E-state index in [2.05, 4.69) is 28.5 Å².